The highest BCUT2D eigenvalue weighted by Crippen LogP contribution is 2.40. The summed E-state index contributed by atoms with van der Waals surface area (Å²) >= 11 is 12.7. The summed E-state index contributed by atoms with van der Waals surface area (Å²) in [6.45, 7) is 9.88. The third kappa shape index (κ3) is 5.56. The van der Waals surface area contributed by atoms with E-state index in [9.17, 15) is 4.79 Å². The Hall–Kier alpha value is -2.54. The number of para-hydroxylation sites is 1. The molecule has 1 saturated heterocycles. The lowest BCUT2D eigenvalue weighted by molar-refractivity contribution is 0.0575. The topological polar surface area (TPSA) is 73.4 Å². The van der Waals surface area contributed by atoms with Crippen molar-refractivity contribution >= 4 is 29.1 Å². The van der Waals surface area contributed by atoms with Crippen LogP contribution in [0, 0.1) is 11.3 Å². The third-order valence-corrected chi connectivity index (χ3v) is 7.54. The summed E-state index contributed by atoms with van der Waals surface area (Å²) in [5, 5.41) is 5.91. The predicted octanol–water partition coefficient (Wildman–Crippen LogP) is 7.28. The molecule has 1 aliphatic heterocycles. The molecule has 2 aromatic carbocycles. The van der Waals surface area contributed by atoms with Gasteiger partial charge in [-0.2, -0.15) is 9.78 Å². The summed E-state index contributed by atoms with van der Waals surface area (Å²) in [5.41, 5.74) is 8.37. The summed E-state index contributed by atoms with van der Waals surface area (Å²) in [6.07, 6.45) is 2.86. The lowest BCUT2D eigenvalue weighted by Gasteiger charge is -2.38. The fraction of sp³-hybridized carbons (Fsp3) is 0.429. The standard InChI is InChI=1S/C28H34Cl2N4O2/c1-5-18(2)24(31)23-25(26(35)33-16-8-15-28(3,4)17-33)32-34(22-10-7-6-9-21(22)30)27(23)36-20-13-11-19(29)12-14-20/h6-7,9-14,18,24H,5,8,15-17,31H2,1-4H3. The van der Waals surface area contributed by atoms with Gasteiger partial charge in [-0.15, -0.1) is 0 Å². The quantitative estimate of drug-likeness (QED) is 0.349. The van der Waals surface area contributed by atoms with Crippen LogP contribution >= 0.6 is 23.2 Å². The van der Waals surface area contributed by atoms with Crippen molar-refractivity contribution in [2.75, 3.05) is 13.1 Å². The van der Waals surface area contributed by atoms with Gasteiger partial charge in [-0.05, 0) is 60.6 Å². The molecule has 0 saturated carbocycles. The summed E-state index contributed by atoms with van der Waals surface area (Å²) in [6, 6.07) is 13.9. The van der Waals surface area contributed by atoms with Gasteiger partial charge >= 0.3 is 0 Å². The van der Waals surface area contributed by atoms with Crippen LogP contribution in [0.25, 0.3) is 5.69 Å². The van der Waals surface area contributed by atoms with Crippen LogP contribution in [0.15, 0.2) is 48.5 Å². The van der Waals surface area contributed by atoms with Crippen LogP contribution in [0.3, 0.4) is 0 Å². The van der Waals surface area contributed by atoms with E-state index in [1.54, 1.807) is 35.0 Å². The first-order valence-corrected chi connectivity index (χ1v) is 13.2. The van der Waals surface area contributed by atoms with Crippen molar-refractivity contribution in [1.29, 1.82) is 0 Å². The average molecular weight is 530 g/mol. The molecule has 4 rings (SSSR count). The van der Waals surface area contributed by atoms with Crippen molar-refractivity contribution in [2.24, 2.45) is 17.1 Å². The Morgan fingerprint density at radius 2 is 1.86 bits per heavy atom. The molecule has 0 spiro atoms. The number of aromatic nitrogens is 2. The van der Waals surface area contributed by atoms with Crippen molar-refractivity contribution in [3.05, 3.63) is 69.8 Å². The van der Waals surface area contributed by atoms with E-state index in [1.807, 2.05) is 23.1 Å². The highest BCUT2D eigenvalue weighted by molar-refractivity contribution is 6.32. The van der Waals surface area contributed by atoms with Crippen LogP contribution in [-0.2, 0) is 0 Å². The number of nitrogens with two attached hydrogens (primary N) is 1. The Balaban J connectivity index is 1.91. The van der Waals surface area contributed by atoms with Crippen LogP contribution in [-0.4, -0.2) is 33.7 Å². The van der Waals surface area contributed by atoms with E-state index < -0.39 is 6.04 Å². The van der Waals surface area contributed by atoms with Crippen LogP contribution in [0.2, 0.25) is 10.0 Å². The molecule has 0 bridgehead atoms. The molecule has 1 amide bonds. The molecule has 3 aromatic rings. The van der Waals surface area contributed by atoms with Crippen LogP contribution < -0.4 is 10.5 Å². The first kappa shape index (κ1) is 26.5. The zero-order chi connectivity index (χ0) is 26.0. The highest BCUT2D eigenvalue weighted by atomic mass is 35.5. The minimum Gasteiger partial charge on any atom is -0.439 e. The van der Waals surface area contributed by atoms with Crippen molar-refractivity contribution in [1.82, 2.24) is 14.7 Å². The Labute approximate surface area is 223 Å². The molecule has 6 nitrogen and oxygen atoms in total. The molecular weight excluding hydrogens is 495 g/mol. The lowest BCUT2D eigenvalue weighted by atomic mass is 9.84. The molecule has 2 unspecified atom stereocenters. The molecule has 2 heterocycles. The number of carbonyl (C=O) groups is 1. The SMILES string of the molecule is CCC(C)C(N)c1c(C(=O)N2CCCC(C)(C)C2)nn(-c2ccccc2Cl)c1Oc1ccc(Cl)cc1. The van der Waals surface area contributed by atoms with E-state index in [0.717, 1.165) is 19.3 Å². The zero-order valence-corrected chi connectivity index (χ0v) is 22.8. The van der Waals surface area contributed by atoms with Gasteiger partial charge in [0.25, 0.3) is 5.91 Å². The monoisotopic (exact) mass is 528 g/mol. The number of hydrogen-bond acceptors (Lipinski definition) is 4. The van der Waals surface area contributed by atoms with Crippen molar-refractivity contribution in [2.45, 2.75) is 53.0 Å². The zero-order valence-electron chi connectivity index (χ0n) is 21.3. The summed E-state index contributed by atoms with van der Waals surface area (Å²) in [4.78, 5) is 15.9. The van der Waals surface area contributed by atoms with Gasteiger partial charge in [-0.1, -0.05) is 69.5 Å². The lowest BCUT2D eigenvalue weighted by Crippen LogP contribution is -2.44. The van der Waals surface area contributed by atoms with Crippen molar-refractivity contribution in [3.63, 3.8) is 0 Å². The third-order valence-electron chi connectivity index (χ3n) is 6.97. The molecule has 1 aliphatic rings. The molecule has 2 atom stereocenters. The molecular formula is C28H34Cl2N4O2. The van der Waals surface area contributed by atoms with E-state index >= 15 is 0 Å². The van der Waals surface area contributed by atoms with E-state index in [2.05, 4.69) is 27.7 Å². The number of rotatable bonds is 7. The van der Waals surface area contributed by atoms with E-state index in [0.29, 0.717) is 51.7 Å². The van der Waals surface area contributed by atoms with Gasteiger partial charge in [-0.3, -0.25) is 4.79 Å². The van der Waals surface area contributed by atoms with Gasteiger partial charge < -0.3 is 15.4 Å². The molecule has 36 heavy (non-hydrogen) atoms. The van der Waals surface area contributed by atoms with Gasteiger partial charge in [-0.25, -0.2) is 0 Å². The van der Waals surface area contributed by atoms with Crippen LogP contribution in [0.5, 0.6) is 11.6 Å². The van der Waals surface area contributed by atoms with Gasteiger partial charge in [0.15, 0.2) is 5.69 Å². The number of nitrogens with zero attached hydrogens (tertiary/aromatic N) is 3. The first-order chi connectivity index (χ1) is 17.1. The summed E-state index contributed by atoms with van der Waals surface area (Å²) in [7, 11) is 0. The molecule has 0 radical (unpaired) electrons. The molecule has 192 valence electrons. The minimum absolute atomic E-state index is 0.0425. The largest absolute Gasteiger partial charge is 0.439 e. The second-order valence-electron chi connectivity index (χ2n) is 10.4. The normalized spacial score (nSPS) is 17.0. The van der Waals surface area contributed by atoms with Gasteiger partial charge in [0.05, 0.1) is 16.3 Å². The van der Waals surface area contributed by atoms with Crippen LogP contribution in [0.1, 0.15) is 69.1 Å². The smallest absolute Gasteiger partial charge is 0.274 e. The van der Waals surface area contributed by atoms with E-state index in [-0.39, 0.29) is 17.2 Å². The van der Waals surface area contributed by atoms with Crippen molar-refractivity contribution < 1.29 is 9.53 Å². The number of piperidine rings is 1. The number of benzene rings is 2. The Bertz CT molecular complexity index is 1220. The maximum absolute atomic E-state index is 14.0. The second-order valence-corrected chi connectivity index (χ2v) is 11.2. The average Bonchev–Trinajstić information content (AvgIpc) is 3.22. The van der Waals surface area contributed by atoms with Crippen molar-refractivity contribution in [3.8, 4) is 17.3 Å². The number of carbonyl (C=O) groups excluding carboxylic acids is 1. The molecule has 1 aromatic heterocycles. The molecule has 8 heteroatoms. The van der Waals surface area contributed by atoms with Gasteiger partial charge in [0, 0.05) is 24.2 Å². The first-order valence-electron chi connectivity index (χ1n) is 12.5. The Morgan fingerprint density at radius 1 is 1.17 bits per heavy atom. The fourth-order valence-corrected chi connectivity index (χ4v) is 5.00. The maximum atomic E-state index is 14.0. The Morgan fingerprint density at radius 3 is 2.50 bits per heavy atom. The minimum atomic E-state index is -0.467. The molecule has 0 aliphatic carbocycles. The number of hydrogen-bond donors (Lipinski definition) is 1. The molecule has 2 N–H and O–H groups in total. The fourth-order valence-electron chi connectivity index (χ4n) is 4.66. The summed E-state index contributed by atoms with van der Waals surface area (Å²) < 4.78 is 8.02. The predicted molar refractivity (Wildman–Crippen MR) is 145 cm³/mol. The Kier molecular flexibility index (Phi) is 7.98. The van der Waals surface area contributed by atoms with E-state index in [4.69, 9.17) is 38.8 Å². The number of likely N-dealkylation sites (tertiary alicyclic amines) is 1. The number of amides is 1. The number of ether oxygens (including phenoxy) is 1. The summed E-state index contributed by atoms with van der Waals surface area (Å²) in [5.74, 6) is 0.898. The highest BCUT2D eigenvalue weighted by Gasteiger charge is 2.36. The van der Waals surface area contributed by atoms with Gasteiger partial charge in [0.1, 0.15) is 5.75 Å². The number of halogens is 2. The van der Waals surface area contributed by atoms with Crippen LogP contribution in [0.4, 0.5) is 0 Å². The molecule has 1 fully saturated rings. The van der Waals surface area contributed by atoms with E-state index in [1.165, 1.54) is 0 Å². The van der Waals surface area contributed by atoms with Gasteiger partial charge in [0.2, 0.25) is 5.88 Å². The second kappa shape index (κ2) is 10.8. The maximum Gasteiger partial charge on any atom is 0.274 e.